The molecule has 0 radical (unpaired) electrons. The molecular formula is C8H13N3OS2. The average Bonchev–Trinajstić information content (AvgIpc) is 2.66. The summed E-state index contributed by atoms with van der Waals surface area (Å²) in [4.78, 5) is 11.4. The minimum absolute atomic E-state index is 0.115. The van der Waals surface area contributed by atoms with Crippen LogP contribution in [0.2, 0.25) is 0 Å². The molecular weight excluding hydrogens is 218 g/mol. The molecule has 1 aromatic rings. The van der Waals surface area contributed by atoms with Gasteiger partial charge >= 0.3 is 0 Å². The fourth-order valence-electron chi connectivity index (χ4n) is 0.838. The Balaban J connectivity index is 2.44. The molecule has 14 heavy (non-hydrogen) atoms. The smallest absolute Gasteiger partial charge is 0.282 e. The summed E-state index contributed by atoms with van der Waals surface area (Å²) in [5.74, 6) is -0.115. The molecule has 0 aromatic carbocycles. The van der Waals surface area contributed by atoms with Gasteiger partial charge in [0, 0.05) is 6.54 Å². The van der Waals surface area contributed by atoms with Gasteiger partial charge < -0.3 is 5.32 Å². The van der Waals surface area contributed by atoms with E-state index >= 15 is 0 Å². The zero-order valence-electron chi connectivity index (χ0n) is 8.24. The highest BCUT2D eigenvalue weighted by Crippen LogP contribution is 2.19. The second-order valence-electron chi connectivity index (χ2n) is 2.69. The summed E-state index contributed by atoms with van der Waals surface area (Å²) in [5.41, 5.74) is 0. The lowest BCUT2D eigenvalue weighted by atomic mass is 10.3. The lowest BCUT2D eigenvalue weighted by Gasteiger charge is -1.99. The van der Waals surface area contributed by atoms with Crippen molar-refractivity contribution in [2.24, 2.45) is 0 Å². The Kier molecular flexibility index (Phi) is 4.89. The molecule has 78 valence electrons. The Morgan fingerprint density at radius 3 is 2.93 bits per heavy atom. The number of hydrogen-bond donors (Lipinski definition) is 1. The van der Waals surface area contributed by atoms with Gasteiger partial charge in [0.15, 0.2) is 4.34 Å². The van der Waals surface area contributed by atoms with Crippen LogP contribution >= 0.6 is 23.1 Å². The minimum atomic E-state index is -0.115. The summed E-state index contributed by atoms with van der Waals surface area (Å²) in [5, 5.41) is 10.9. The number of rotatable bonds is 5. The van der Waals surface area contributed by atoms with E-state index in [1.807, 2.05) is 6.26 Å². The number of hydrogen-bond acceptors (Lipinski definition) is 5. The van der Waals surface area contributed by atoms with Gasteiger partial charge in [-0.3, -0.25) is 4.79 Å². The van der Waals surface area contributed by atoms with E-state index in [1.54, 1.807) is 0 Å². The minimum Gasteiger partial charge on any atom is -0.350 e. The third-order valence-corrected chi connectivity index (χ3v) is 3.49. The lowest BCUT2D eigenvalue weighted by Crippen LogP contribution is -2.24. The first-order valence-corrected chi connectivity index (χ1v) is 6.47. The molecule has 1 aromatic heterocycles. The fraction of sp³-hybridized carbons (Fsp3) is 0.625. The molecule has 0 aliphatic rings. The van der Waals surface area contributed by atoms with Crippen molar-refractivity contribution in [3.8, 4) is 0 Å². The first-order valence-electron chi connectivity index (χ1n) is 4.43. The summed E-state index contributed by atoms with van der Waals surface area (Å²) < 4.78 is 0.825. The summed E-state index contributed by atoms with van der Waals surface area (Å²) in [6, 6.07) is 0. The first kappa shape index (κ1) is 11.5. The van der Waals surface area contributed by atoms with Crippen LogP contribution in [0.15, 0.2) is 4.34 Å². The van der Waals surface area contributed by atoms with Crippen LogP contribution in [0.1, 0.15) is 29.6 Å². The Morgan fingerprint density at radius 1 is 1.57 bits per heavy atom. The van der Waals surface area contributed by atoms with Crippen molar-refractivity contribution >= 4 is 29.0 Å². The number of nitrogens with zero attached hydrogens (tertiary/aromatic N) is 2. The van der Waals surface area contributed by atoms with Crippen molar-refractivity contribution in [3.63, 3.8) is 0 Å². The van der Waals surface area contributed by atoms with E-state index in [4.69, 9.17) is 0 Å². The van der Waals surface area contributed by atoms with E-state index in [2.05, 4.69) is 22.4 Å². The largest absolute Gasteiger partial charge is 0.350 e. The maximum atomic E-state index is 11.4. The Labute approximate surface area is 91.5 Å². The zero-order chi connectivity index (χ0) is 10.4. The molecule has 6 heteroatoms. The van der Waals surface area contributed by atoms with Crippen molar-refractivity contribution in [1.82, 2.24) is 15.5 Å². The van der Waals surface area contributed by atoms with Crippen molar-refractivity contribution < 1.29 is 4.79 Å². The van der Waals surface area contributed by atoms with E-state index in [-0.39, 0.29) is 5.91 Å². The number of amides is 1. The summed E-state index contributed by atoms with van der Waals surface area (Å²) in [6.07, 6.45) is 3.99. The van der Waals surface area contributed by atoms with Crippen LogP contribution in [0.3, 0.4) is 0 Å². The molecule has 0 fully saturated rings. The molecule has 4 nitrogen and oxygen atoms in total. The van der Waals surface area contributed by atoms with Crippen LogP contribution < -0.4 is 5.32 Å². The van der Waals surface area contributed by atoms with Crippen LogP contribution in [-0.4, -0.2) is 28.9 Å². The van der Waals surface area contributed by atoms with E-state index < -0.39 is 0 Å². The molecule has 1 rings (SSSR count). The number of carbonyl (C=O) groups excluding carboxylic acids is 1. The summed E-state index contributed by atoms with van der Waals surface area (Å²) >= 11 is 2.83. The monoisotopic (exact) mass is 231 g/mol. The van der Waals surface area contributed by atoms with Crippen molar-refractivity contribution in [3.05, 3.63) is 5.01 Å². The predicted octanol–water partition coefficient (Wildman–Crippen LogP) is 1.79. The molecule has 0 saturated carbocycles. The van der Waals surface area contributed by atoms with Gasteiger partial charge in [0.2, 0.25) is 5.01 Å². The predicted molar refractivity (Wildman–Crippen MR) is 58.9 cm³/mol. The van der Waals surface area contributed by atoms with Gasteiger partial charge in [0.25, 0.3) is 5.91 Å². The van der Waals surface area contributed by atoms with E-state index in [0.717, 1.165) is 17.2 Å². The van der Waals surface area contributed by atoms with Gasteiger partial charge in [-0.15, -0.1) is 10.2 Å². The van der Waals surface area contributed by atoms with Crippen molar-refractivity contribution in [2.45, 2.75) is 24.1 Å². The normalized spacial score (nSPS) is 10.1. The van der Waals surface area contributed by atoms with Crippen LogP contribution in [0.4, 0.5) is 0 Å². The van der Waals surface area contributed by atoms with Crippen LogP contribution in [0.25, 0.3) is 0 Å². The van der Waals surface area contributed by atoms with Gasteiger partial charge in [-0.1, -0.05) is 36.4 Å². The maximum Gasteiger partial charge on any atom is 0.282 e. The topological polar surface area (TPSA) is 54.9 Å². The van der Waals surface area contributed by atoms with Crippen molar-refractivity contribution in [2.75, 3.05) is 12.8 Å². The Hall–Kier alpha value is -0.620. The van der Waals surface area contributed by atoms with Crippen LogP contribution in [0.5, 0.6) is 0 Å². The van der Waals surface area contributed by atoms with Gasteiger partial charge in [0.1, 0.15) is 0 Å². The third-order valence-electron chi connectivity index (χ3n) is 1.59. The Morgan fingerprint density at radius 2 is 2.36 bits per heavy atom. The molecule has 0 bridgehead atoms. The molecule has 0 spiro atoms. The number of aromatic nitrogens is 2. The average molecular weight is 231 g/mol. The molecule has 0 atom stereocenters. The highest BCUT2D eigenvalue weighted by atomic mass is 32.2. The van der Waals surface area contributed by atoms with E-state index in [1.165, 1.54) is 23.1 Å². The maximum absolute atomic E-state index is 11.4. The summed E-state index contributed by atoms with van der Waals surface area (Å²) in [7, 11) is 0. The highest BCUT2D eigenvalue weighted by Gasteiger charge is 2.10. The first-order chi connectivity index (χ1) is 6.77. The zero-order valence-corrected chi connectivity index (χ0v) is 9.87. The van der Waals surface area contributed by atoms with Gasteiger partial charge in [-0.25, -0.2) is 0 Å². The Bertz CT molecular complexity index is 301. The van der Waals surface area contributed by atoms with Crippen LogP contribution in [0, 0.1) is 0 Å². The lowest BCUT2D eigenvalue weighted by molar-refractivity contribution is 0.0952. The molecule has 1 heterocycles. The van der Waals surface area contributed by atoms with Gasteiger partial charge in [-0.05, 0) is 12.7 Å². The molecule has 0 aliphatic carbocycles. The standard InChI is InChI=1S/C8H13N3OS2/c1-3-4-5-9-6(12)7-10-11-8(13-2)14-7/h3-5H2,1-2H3,(H,9,12). The highest BCUT2D eigenvalue weighted by molar-refractivity contribution is 8.00. The quantitative estimate of drug-likeness (QED) is 0.620. The molecule has 1 N–H and O–H groups in total. The summed E-state index contributed by atoms with van der Waals surface area (Å²) in [6.45, 7) is 2.80. The molecule has 0 saturated heterocycles. The van der Waals surface area contributed by atoms with Gasteiger partial charge in [0.05, 0.1) is 0 Å². The van der Waals surface area contributed by atoms with E-state index in [0.29, 0.717) is 11.6 Å². The molecule has 0 aliphatic heterocycles. The fourth-order valence-corrected chi connectivity index (χ4v) is 2.02. The number of carbonyl (C=O) groups is 1. The number of unbranched alkanes of at least 4 members (excludes halogenated alkanes) is 1. The van der Waals surface area contributed by atoms with Crippen molar-refractivity contribution in [1.29, 1.82) is 0 Å². The second kappa shape index (κ2) is 5.98. The number of nitrogens with one attached hydrogen (secondary N) is 1. The molecule has 0 unspecified atom stereocenters. The molecule has 1 amide bonds. The van der Waals surface area contributed by atoms with Gasteiger partial charge in [-0.2, -0.15) is 0 Å². The van der Waals surface area contributed by atoms with Crippen LogP contribution in [-0.2, 0) is 0 Å². The second-order valence-corrected chi connectivity index (χ2v) is 4.72. The number of thioether (sulfide) groups is 1. The SMILES string of the molecule is CCCCNC(=O)c1nnc(SC)s1. The third kappa shape index (κ3) is 3.26. The van der Waals surface area contributed by atoms with E-state index in [9.17, 15) is 4.79 Å².